The number of nitrogens with two attached hydrogens (primary N) is 3. The Morgan fingerprint density at radius 2 is 1.25 bits per heavy atom. The highest BCUT2D eigenvalue weighted by molar-refractivity contribution is 6.32. The van der Waals surface area contributed by atoms with Crippen LogP contribution in [0.5, 0.6) is 34.5 Å². The third kappa shape index (κ3) is 24.7. The average Bonchev–Trinajstić information content (AvgIpc) is 0.759. The van der Waals surface area contributed by atoms with Gasteiger partial charge in [-0.25, -0.2) is 4.79 Å². The second-order valence-corrected chi connectivity index (χ2v) is 36.6. The zero-order valence-corrected chi connectivity index (χ0v) is 78.1. The number of esters is 1. The number of fused-ring (bicyclic) bond motifs is 15. The number of hydrogen-bond acceptors (Lipinski definition) is 33. The fourth-order valence-corrected chi connectivity index (χ4v) is 17.8. The van der Waals surface area contributed by atoms with E-state index in [4.69, 9.17) is 94.6 Å². The Labute approximate surface area is 807 Å². The topological polar surface area (TPSA) is 637 Å². The summed E-state index contributed by atoms with van der Waals surface area (Å²) in [5.41, 5.74) is 15.5. The van der Waals surface area contributed by atoms with E-state index in [-0.39, 0.29) is 65.7 Å². The molecule has 744 valence electrons. The predicted molar refractivity (Wildman–Crippen MR) is 493 cm³/mol. The molecule has 0 aromatic heterocycles. The minimum atomic E-state index is -2.45. The molecule has 8 heterocycles. The normalized spacial score (nSPS) is 28.2. The van der Waals surface area contributed by atoms with Gasteiger partial charge in [-0.3, -0.25) is 38.4 Å². The summed E-state index contributed by atoms with van der Waals surface area (Å²) < 4.78 is 59.0. The number of nitrogens with one attached hydrogen (secondary N) is 10. The van der Waals surface area contributed by atoms with E-state index in [0.717, 1.165) is 65.2 Å². The molecular formula is C94H114Cl3N13O28. The summed E-state index contributed by atoms with van der Waals surface area (Å²) in [5, 5.41) is 143. The van der Waals surface area contributed by atoms with Gasteiger partial charge in [-0.2, -0.15) is 0 Å². The first-order valence-electron chi connectivity index (χ1n) is 44.7. The first-order chi connectivity index (χ1) is 65.6. The number of likely N-dealkylation sites (N-methyl/N-ethyl adjacent to an activating group) is 1. The fourth-order valence-electron chi connectivity index (χ4n) is 17.2. The van der Waals surface area contributed by atoms with Crippen LogP contribution >= 0.6 is 34.8 Å². The lowest BCUT2D eigenvalue weighted by Crippen LogP contribution is -2.65. The Kier molecular flexibility index (Phi) is 34.5. The number of aliphatic hydroxyl groups is 9. The number of phenols is 1. The molecular weight excluding hydrogens is 1870 g/mol. The minimum Gasteiger partial charge on any atom is -0.508 e. The first kappa shape index (κ1) is 104. The highest BCUT2D eigenvalue weighted by atomic mass is 35.5. The number of phenolic OH excluding ortho intramolecular Hbond substituents is 1. The molecule has 0 aliphatic carbocycles. The van der Waals surface area contributed by atoms with Crippen molar-refractivity contribution in [2.45, 2.75) is 225 Å². The lowest BCUT2D eigenvalue weighted by Gasteiger charge is -2.48. The number of rotatable bonds is 29. The Balaban J connectivity index is 1.01. The van der Waals surface area contributed by atoms with Gasteiger partial charge in [-0.1, -0.05) is 102 Å². The van der Waals surface area contributed by atoms with Gasteiger partial charge in [0.05, 0.1) is 59.6 Å². The molecule has 8 aliphatic rings. The Morgan fingerprint density at radius 3 is 1.88 bits per heavy atom. The number of amides is 8. The van der Waals surface area contributed by atoms with E-state index in [1.807, 2.05) is 36.4 Å². The standard InChI is InChI=1S/C94H114Cl3N13O28/c1-42(112)29-60(101-6)84(121)109-74-76(116)49-16-23-62(58(96)31-49)133-64-33-51-34-65(80(64)138-92-81(78(118)77(117)66(40-111)135-92)137-70-38-94(5,83(120)44(3)132-70)104-39-45-9-11-46(12-10-45)47-13-18-52(95)19-14-47)134-63-24-17-50(32-59(63)97)79(136-69-37-93(4,100)82(119)43(2)131-69)75-89(126)108-73(91(129)130-41-68(115)103-28-8-27-102-26-7-25-98)57-35-53(113)20-22-54(57)56-30-48(15-21-55(56)90(127)128)71(86(123)110-75)107-87(124)72(51)106-85(122)61(36-67(99)114)105-88(74)125/h9-24,30-35,42-44,60-61,66,69-79,81-83,90,92,101-102,104,111-113,116-120,127-128H,7-8,25-29,36-41,98,100H2,1-6H3,(H2,99,114)(H,103,115)(H,105,125)(H,106,122)(H,107,124)(H,108,126)(H,109,121)(H,110,123)/t42?,43-,44-,60+,61-,66+,69-,70-,71+,72+,73-,74+,75-,76+,77+,78-,79+,81+,82-,83-,92-,93-,94-/m0/s1. The van der Waals surface area contributed by atoms with Crippen molar-refractivity contribution in [2.24, 2.45) is 17.2 Å². The van der Waals surface area contributed by atoms with Crippen LogP contribution in [0.2, 0.25) is 15.1 Å². The molecule has 23 atom stereocenters. The summed E-state index contributed by atoms with van der Waals surface area (Å²) in [6, 6.07) is 15.9. The summed E-state index contributed by atoms with van der Waals surface area (Å²) >= 11 is 21.0. The van der Waals surface area contributed by atoms with Crippen LogP contribution < -0.4 is 84.6 Å². The summed E-state index contributed by atoms with van der Waals surface area (Å²) in [6.07, 6.45) is -26.4. The highest BCUT2D eigenvalue weighted by Crippen LogP contribution is 2.50. The van der Waals surface area contributed by atoms with E-state index in [0.29, 0.717) is 37.5 Å². The van der Waals surface area contributed by atoms with E-state index in [2.05, 4.69) is 53.2 Å². The molecule has 0 saturated carbocycles. The molecule has 15 rings (SSSR count). The summed E-state index contributed by atoms with van der Waals surface area (Å²) in [4.78, 5) is 137. The van der Waals surface area contributed by atoms with Crippen molar-refractivity contribution in [3.63, 3.8) is 0 Å². The van der Waals surface area contributed by atoms with Gasteiger partial charge in [0, 0.05) is 47.6 Å². The van der Waals surface area contributed by atoms with E-state index in [1.165, 1.54) is 64.2 Å². The number of aromatic hydroxyl groups is 1. The van der Waals surface area contributed by atoms with Crippen LogP contribution in [0.15, 0.2) is 133 Å². The van der Waals surface area contributed by atoms with Gasteiger partial charge in [-0.15, -0.1) is 0 Å². The molecule has 0 radical (unpaired) electrons. The molecule has 0 spiro atoms. The summed E-state index contributed by atoms with van der Waals surface area (Å²) in [7, 11) is 1.37. The minimum absolute atomic E-state index is 0.0994. The van der Waals surface area contributed by atoms with E-state index in [9.17, 15) is 65.4 Å². The van der Waals surface area contributed by atoms with Gasteiger partial charge in [-0.05, 0) is 203 Å². The number of carbonyl (C=O) groups excluding carboxylic acids is 9. The Morgan fingerprint density at radius 1 is 0.638 bits per heavy atom. The largest absolute Gasteiger partial charge is 0.508 e. The Hall–Kier alpha value is -10.9. The molecule has 7 aromatic rings. The molecule has 8 aliphatic heterocycles. The van der Waals surface area contributed by atoms with Crippen LogP contribution in [-0.4, -0.2) is 260 Å². The van der Waals surface area contributed by atoms with Gasteiger partial charge < -0.3 is 164 Å². The third-order valence-electron chi connectivity index (χ3n) is 24.8. The number of benzene rings is 7. The Bertz CT molecular complexity index is 5580. The maximum atomic E-state index is 16.8. The van der Waals surface area contributed by atoms with Gasteiger partial charge in [0.25, 0.3) is 5.91 Å². The molecule has 11 bridgehead atoms. The van der Waals surface area contributed by atoms with Gasteiger partial charge in [0.15, 0.2) is 49.1 Å². The van der Waals surface area contributed by atoms with Gasteiger partial charge in [0.1, 0.15) is 78.0 Å². The maximum Gasteiger partial charge on any atom is 0.333 e. The van der Waals surface area contributed by atoms with Crippen molar-refractivity contribution in [3.8, 4) is 56.8 Å². The molecule has 44 heteroatoms. The predicted octanol–water partition coefficient (Wildman–Crippen LogP) is 1.70. The van der Waals surface area contributed by atoms with Crippen LogP contribution in [0.3, 0.4) is 0 Å². The van der Waals surface area contributed by atoms with Crippen LogP contribution in [0.1, 0.15) is 149 Å². The molecule has 7 aromatic carbocycles. The van der Waals surface area contributed by atoms with Gasteiger partial charge in [0.2, 0.25) is 53.4 Å². The molecule has 1 unspecified atom stereocenters. The number of ether oxygens (including phenoxy) is 9. The lowest BCUT2D eigenvalue weighted by molar-refractivity contribution is -0.334. The number of primary amides is 1. The molecule has 138 heavy (non-hydrogen) atoms. The lowest BCUT2D eigenvalue weighted by atomic mass is 9.84. The van der Waals surface area contributed by atoms with Crippen molar-refractivity contribution >= 4 is 88.0 Å². The van der Waals surface area contributed by atoms with Crippen molar-refractivity contribution in [2.75, 3.05) is 46.4 Å². The number of carbonyl (C=O) groups is 9. The van der Waals surface area contributed by atoms with E-state index < -0.39 is 274 Å². The first-order valence-corrected chi connectivity index (χ1v) is 45.9. The summed E-state index contributed by atoms with van der Waals surface area (Å²) in [5.74, 6) is -15.0. The average molecular weight is 1980 g/mol. The quantitative estimate of drug-likeness (QED) is 0.0180. The van der Waals surface area contributed by atoms with Crippen molar-refractivity contribution in [3.05, 3.63) is 187 Å². The molecule has 3 saturated heterocycles. The van der Waals surface area contributed by atoms with Crippen molar-refractivity contribution in [1.82, 2.24) is 53.2 Å². The monoisotopic (exact) mass is 1980 g/mol. The smallest absolute Gasteiger partial charge is 0.333 e. The molecule has 8 amide bonds. The van der Waals surface area contributed by atoms with Crippen LogP contribution in [0.4, 0.5) is 0 Å². The van der Waals surface area contributed by atoms with Crippen LogP contribution in [0.25, 0.3) is 22.3 Å². The van der Waals surface area contributed by atoms with Crippen molar-refractivity contribution < 1.29 is 137 Å². The number of hydrogen-bond donors (Lipinski definition) is 23. The maximum absolute atomic E-state index is 16.8. The second kappa shape index (κ2) is 45.6. The van der Waals surface area contributed by atoms with Crippen LogP contribution in [0, 0.1) is 0 Å². The van der Waals surface area contributed by atoms with Gasteiger partial charge >= 0.3 is 5.97 Å². The number of halogens is 3. The highest BCUT2D eigenvalue weighted by Gasteiger charge is 2.53. The zero-order valence-electron chi connectivity index (χ0n) is 75.8. The summed E-state index contributed by atoms with van der Waals surface area (Å²) in [6.45, 7) is 7.39. The third-order valence-corrected chi connectivity index (χ3v) is 25.6. The fraction of sp³-hybridized carbons (Fsp3) is 0.457. The van der Waals surface area contributed by atoms with E-state index in [1.54, 1.807) is 26.0 Å². The van der Waals surface area contributed by atoms with Crippen molar-refractivity contribution in [1.29, 1.82) is 0 Å². The van der Waals surface area contributed by atoms with Crippen LogP contribution in [-0.2, 0) is 78.1 Å². The SMILES string of the molecule is CN[C@H](CC(C)O)C(=O)N[C@H]1C(=O)N[C@@H](CC(N)=O)C(=O)N[C@H]2C(=O)N[C@H]3C(=O)N[C@H](C(=O)N[C@H](C(=O)OCC(=O)NCCCNCCCN)c4cc(O)ccc4-c4cc3ccc4C(O)O)[C@H](O[C@H]3C[C@](C)(N)[C@@H](O)[C@H](C)O3)c3ccc(c(Cl)c3)Oc3cc2cc(c3O[C@@H]2O[C@H](CO)[C@@H](O)[C@H](O)[C@H]2O[C@H]2C[C@](C)(NCc3ccc(-c4ccc(Cl)cc4)cc3)[C@@H](O)[C@H](C)O2)Oc2ccc(cc2Cl)[C@H]1O. The number of aliphatic hydroxyl groups excluding tert-OH is 8. The molecule has 3 fully saturated rings. The molecule has 26 N–H and O–H groups in total. The van der Waals surface area contributed by atoms with E-state index >= 15 is 28.8 Å². The zero-order chi connectivity index (χ0) is 99.6. The second-order valence-electron chi connectivity index (χ2n) is 35.3. The molecule has 41 nitrogen and oxygen atoms in total.